The van der Waals surface area contributed by atoms with Gasteiger partial charge < -0.3 is 15.1 Å². The molecule has 1 aromatic heterocycles. The van der Waals surface area contributed by atoms with Gasteiger partial charge in [-0.2, -0.15) is 0 Å². The second-order valence-electron chi connectivity index (χ2n) is 11.2. The van der Waals surface area contributed by atoms with E-state index in [4.69, 9.17) is 9.97 Å². The SMILES string of the molecule is C/C=C(\C=C/CF)C1CN(C)C1.C=C/C=C(C)\C=C/Cc1nc(=C/CC)/c(=C\CCO)nc1CC1CCC(C(=O)O)C1. The molecule has 2 N–H and O–H groups in total. The number of hydrogen-bond acceptors (Lipinski definition) is 5. The predicted molar refractivity (Wildman–Crippen MR) is 171 cm³/mol. The molecule has 2 fully saturated rings. The van der Waals surface area contributed by atoms with E-state index in [1.165, 1.54) is 5.57 Å². The second-order valence-corrected chi connectivity index (χ2v) is 11.2. The summed E-state index contributed by atoms with van der Waals surface area (Å²) in [4.78, 5) is 23.4. The van der Waals surface area contributed by atoms with Crippen LogP contribution < -0.4 is 10.7 Å². The molecular formula is C35H50FN3O3. The van der Waals surface area contributed by atoms with Crippen molar-refractivity contribution in [3.05, 3.63) is 82.3 Å². The Kier molecular flexibility index (Phi) is 15.9. The normalized spacial score (nSPS) is 21.2. The molecule has 0 bridgehead atoms. The summed E-state index contributed by atoms with van der Waals surface area (Å²) >= 11 is 0. The van der Waals surface area contributed by atoms with Gasteiger partial charge in [0.2, 0.25) is 0 Å². The lowest BCUT2D eigenvalue weighted by molar-refractivity contribution is -0.141. The monoisotopic (exact) mass is 579 g/mol. The Labute approximate surface area is 251 Å². The van der Waals surface area contributed by atoms with Crippen molar-refractivity contribution in [1.82, 2.24) is 14.9 Å². The number of hydrogen-bond donors (Lipinski definition) is 2. The van der Waals surface area contributed by atoms with Crippen LogP contribution in [-0.4, -0.2) is 64.5 Å². The van der Waals surface area contributed by atoms with Crippen molar-refractivity contribution in [3.63, 3.8) is 0 Å². The quantitative estimate of drug-likeness (QED) is 0.316. The van der Waals surface area contributed by atoms with Gasteiger partial charge in [-0.15, -0.1) is 0 Å². The lowest BCUT2D eigenvalue weighted by atomic mass is 9.91. The zero-order valence-corrected chi connectivity index (χ0v) is 25.9. The summed E-state index contributed by atoms with van der Waals surface area (Å²) in [6, 6.07) is 0. The van der Waals surface area contributed by atoms with Gasteiger partial charge in [-0.3, -0.25) is 4.79 Å². The smallest absolute Gasteiger partial charge is 0.306 e. The first-order chi connectivity index (χ1) is 20.3. The van der Waals surface area contributed by atoms with E-state index >= 15 is 0 Å². The highest BCUT2D eigenvalue weighted by Gasteiger charge is 2.30. The van der Waals surface area contributed by atoms with Crippen molar-refractivity contribution in [2.75, 3.05) is 33.4 Å². The van der Waals surface area contributed by atoms with E-state index in [9.17, 15) is 19.4 Å². The molecule has 1 saturated heterocycles. The summed E-state index contributed by atoms with van der Waals surface area (Å²) < 4.78 is 11.8. The largest absolute Gasteiger partial charge is 0.481 e. The van der Waals surface area contributed by atoms with Gasteiger partial charge in [-0.05, 0) is 70.9 Å². The minimum Gasteiger partial charge on any atom is -0.481 e. The molecule has 1 aromatic rings. The Morgan fingerprint density at radius 3 is 2.38 bits per heavy atom. The van der Waals surface area contributed by atoms with Gasteiger partial charge in [0.05, 0.1) is 28.0 Å². The van der Waals surface area contributed by atoms with Crippen molar-refractivity contribution >= 4 is 18.1 Å². The van der Waals surface area contributed by atoms with Crippen LogP contribution in [-0.2, 0) is 17.6 Å². The van der Waals surface area contributed by atoms with Crippen LogP contribution in [0.25, 0.3) is 12.2 Å². The number of aliphatic hydroxyl groups is 1. The molecule has 2 unspecified atom stereocenters. The number of nitrogens with zero attached hydrogens (tertiary/aromatic N) is 3. The van der Waals surface area contributed by atoms with Crippen molar-refractivity contribution in [2.24, 2.45) is 17.8 Å². The highest BCUT2D eigenvalue weighted by Crippen LogP contribution is 2.33. The van der Waals surface area contributed by atoms with Crippen LogP contribution in [0, 0.1) is 17.8 Å². The number of aliphatic carboxylic acids is 1. The molecule has 2 aliphatic rings. The molecule has 1 aliphatic heterocycles. The Morgan fingerprint density at radius 1 is 1.10 bits per heavy atom. The highest BCUT2D eigenvalue weighted by molar-refractivity contribution is 5.70. The number of aromatic nitrogens is 2. The Bertz CT molecular complexity index is 1260. The van der Waals surface area contributed by atoms with Crippen LogP contribution in [0.15, 0.2) is 60.3 Å². The van der Waals surface area contributed by atoms with Crippen LogP contribution in [0.3, 0.4) is 0 Å². The lowest BCUT2D eigenvalue weighted by Crippen LogP contribution is -2.44. The average molecular weight is 580 g/mol. The summed E-state index contributed by atoms with van der Waals surface area (Å²) in [5.74, 6) is 0.00669. The summed E-state index contributed by atoms with van der Waals surface area (Å²) in [5, 5.41) is 20.2. The molecule has 3 rings (SSSR count). The number of aliphatic hydroxyl groups excluding tert-OH is 1. The fraction of sp³-hybridized carbons (Fsp3) is 0.514. The van der Waals surface area contributed by atoms with Crippen LogP contribution in [0.2, 0.25) is 0 Å². The molecule has 0 aromatic carbocycles. The van der Waals surface area contributed by atoms with E-state index < -0.39 is 5.97 Å². The van der Waals surface area contributed by atoms with E-state index in [-0.39, 0.29) is 19.2 Å². The van der Waals surface area contributed by atoms with Gasteiger partial charge >= 0.3 is 5.97 Å². The molecule has 0 radical (unpaired) electrons. The molecule has 6 nitrogen and oxygen atoms in total. The first-order valence-electron chi connectivity index (χ1n) is 15.2. The van der Waals surface area contributed by atoms with E-state index in [1.807, 2.05) is 32.1 Å². The third-order valence-electron chi connectivity index (χ3n) is 7.68. The number of carbonyl (C=O) groups is 1. The Hall–Kier alpha value is -3.16. The van der Waals surface area contributed by atoms with Crippen LogP contribution in [0.1, 0.15) is 64.3 Å². The highest BCUT2D eigenvalue weighted by atomic mass is 19.1. The summed E-state index contributed by atoms with van der Waals surface area (Å²) in [5.41, 5.74) is 4.27. The third-order valence-corrected chi connectivity index (χ3v) is 7.68. The van der Waals surface area contributed by atoms with Crippen molar-refractivity contribution in [3.8, 4) is 0 Å². The predicted octanol–water partition coefficient (Wildman–Crippen LogP) is 5.12. The van der Waals surface area contributed by atoms with Crippen molar-refractivity contribution in [2.45, 2.75) is 65.7 Å². The van der Waals surface area contributed by atoms with Crippen molar-refractivity contribution in [1.29, 1.82) is 0 Å². The van der Waals surface area contributed by atoms with Crippen LogP contribution in [0.4, 0.5) is 4.39 Å². The second kappa shape index (κ2) is 19.1. The average Bonchev–Trinajstić information content (AvgIpc) is 3.42. The fourth-order valence-electron chi connectivity index (χ4n) is 5.47. The Balaban J connectivity index is 0.000000428. The molecule has 2 atom stereocenters. The van der Waals surface area contributed by atoms with Crippen molar-refractivity contribution < 1.29 is 19.4 Å². The lowest BCUT2D eigenvalue weighted by Gasteiger charge is -2.37. The summed E-state index contributed by atoms with van der Waals surface area (Å²) in [7, 11) is 2.10. The molecular weight excluding hydrogens is 529 g/mol. The van der Waals surface area contributed by atoms with E-state index in [1.54, 1.807) is 12.2 Å². The maximum absolute atomic E-state index is 11.8. The molecule has 1 saturated carbocycles. The maximum atomic E-state index is 11.8. The van der Waals surface area contributed by atoms with Gasteiger partial charge in [0.15, 0.2) is 0 Å². The minimum absolute atomic E-state index is 0.0743. The summed E-state index contributed by atoms with van der Waals surface area (Å²) in [6.45, 7) is 11.8. The number of alkyl halides is 1. The zero-order chi connectivity index (χ0) is 30.9. The van der Waals surface area contributed by atoms with Gasteiger partial charge in [0.25, 0.3) is 0 Å². The summed E-state index contributed by atoms with van der Waals surface area (Å²) in [6.07, 6.45) is 22.6. The van der Waals surface area contributed by atoms with E-state index in [0.29, 0.717) is 31.1 Å². The molecule has 42 heavy (non-hydrogen) atoms. The standard InChI is InChI=1S/C25H34N2O3.C10H16FN/c1-4-8-18(3)10-6-11-23-24(17-19-13-14-20(16-19)25(29)30)27-22(12-7-15-28)21(26-23)9-5-2;1-3-9(5-4-6-11)10-7-12(2)8-10/h4,6,8-10,12,19-20,28H,1,5,7,11,13-17H2,2-3H3,(H,29,30);3-5,10H,6-8H2,1-2H3/b10-6-,18-8-,21-9+,22-12+;5-4-,9-3+. The van der Waals surface area contributed by atoms with E-state index in [2.05, 4.69) is 49.8 Å². The number of likely N-dealkylation sites (tertiary alicyclic amines) is 1. The third kappa shape index (κ3) is 11.6. The minimum atomic E-state index is -0.693. The molecule has 7 heteroatoms. The molecule has 0 spiro atoms. The molecule has 230 valence electrons. The maximum Gasteiger partial charge on any atom is 0.306 e. The number of carboxylic acids is 1. The zero-order valence-electron chi connectivity index (χ0n) is 25.9. The van der Waals surface area contributed by atoms with E-state index in [0.717, 1.165) is 66.4 Å². The number of rotatable bonds is 13. The molecule has 2 heterocycles. The first kappa shape index (κ1) is 35.0. The number of carboxylic acid groups (broad SMARTS) is 1. The van der Waals surface area contributed by atoms with Gasteiger partial charge in [-0.1, -0.05) is 73.8 Å². The van der Waals surface area contributed by atoms with Gasteiger partial charge in [0.1, 0.15) is 6.67 Å². The molecule has 1 aliphatic carbocycles. The van der Waals surface area contributed by atoms with Gasteiger partial charge in [0, 0.05) is 32.0 Å². The molecule has 0 amide bonds. The number of allylic oxidation sites excluding steroid dienone is 8. The Morgan fingerprint density at radius 2 is 1.81 bits per heavy atom. The van der Waals surface area contributed by atoms with Crippen LogP contribution >= 0.6 is 0 Å². The van der Waals surface area contributed by atoms with Gasteiger partial charge in [-0.25, -0.2) is 14.4 Å². The first-order valence-corrected chi connectivity index (χ1v) is 15.2. The topological polar surface area (TPSA) is 86.5 Å². The number of halogens is 1. The van der Waals surface area contributed by atoms with Crippen LogP contribution in [0.5, 0.6) is 0 Å². The fourth-order valence-corrected chi connectivity index (χ4v) is 5.47.